The molecular weight excluding hydrogens is 334 g/mol. The highest BCUT2D eigenvalue weighted by molar-refractivity contribution is 9.10. The Morgan fingerprint density at radius 3 is 2.76 bits per heavy atom. The van der Waals surface area contributed by atoms with E-state index in [4.69, 9.17) is 0 Å². The maximum atomic E-state index is 11.1. The zero-order valence-corrected chi connectivity index (χ0v) is 13.9. The molecule has 1 fully saturated rings. The topological polar surface area (TPSA) is 58.4 Å². The lowest BCUT2D eigenvalue weighted by Gasteiger charge is -2.32. The zero-order chi connectivity index (χ0) is 15.2. The molecule has 1 aromatic rings. The predicted molar refractivity (Wildman–Crippen MR) is 87.4 cm³/mol. The van der Waals surface area contributed by atoms with Gasteiger partial charge in [0.15, 0.2) is 0 Å². The van der Waals surface area contributed by atoms with Gasteiger partial charge in [-0.05, 0) is 45.0 Å². The molecule has 1 unspecified atom stereocenters. The van der Waals surface area contributed by atoms with Crippen LogP contribution < -0.4 is 5.32 Å². The molecule has 1 atom stereocenters. The van der Waals surface area contributed by atoms with Crippen molar-refractivity contribution in [2.75, 3.05) is 19.6 Å². The number of hydrogen-bond acceptors (Lipinski definition) is 4. The number of hydrogen-bond donors (Lipinski definition) is 1. The van der Waals surface area contributed by atoms with E-state index in [9.17, 15) is 10.1 Å². The summed E-state index contributed by atoms with van der Waals surface area (Å²) in [5.41, 5.74) is 0.900. The number of nitro benzene ring substituents is 1. The molecule has 1 N–H and O–H groups in total. The molecule has 0 aromatic heterocycles. The van der Waals surface area contributed by atoms with Crippen molar-refractivity contribution < 1.29 is 4.92 Å². The molecule has 1 heterocycles. The van der Waals surface area contributed by atoms with Crippen LogP contribution >= 0.6 is 15.9 Å². The van der Waals surface area contributed by atoms with Crippen molar-refractivity contribution in [2.24, 2.45) is 0 Å². The third kappa shape index (κ3) is 4.76. The van der Waals surface area contributed by atoms with Crippen LogP contribution in [0.15, 0.2) is 22.7 Å². The highest BCUT2D eigenvalue weighted by Gasteiger charge is 2.17. The summed E-state index contributed by atoms with van der Waals surface area (Å²) >= 11 is 3.28. The highest BCUT2D eigenvalue weighted by atomic mass is 79.9. The number of rotatable bonds is 6. The summed E-state index contributed by atoms with van der Waals surface area (Å²) in [6.07, 6.45) is 3.90. The van der Waals surface area contributed by atoms with Crippen LogP contribution in [0.4, 0.5) is 5.69 Å². The van der Waals surface area contributed by atoms with Crippen molar-refractivity contribution in [3.05, 3.63) is 38.3 Å². The highest BCUT2D eigenvalue weighted by Crippen LogP contribution is 2.23. The van der Waals surface area contributed by atoms with Gasteiger partial charge < -0.3 is 5.32 Å². The van der Waals surface area contributed by atoms with Crippen LogP contribution in [0.3, 0.4) is 0 Å². The Morgan fingerprint density at radius 2 is 2.10 bits per heavy atom. The monoisotopic (exact) mass is 355 g/mol. The van der Waals surface area contributed by atoms with Crippen LogP contribution in [0.2, 0.25) is 0 Å². The molecule has 116 valence electrons. The third-order valence-corrected chi connectivity index (χ3v) is 4.51. The van der Waals surface area contributed by atoms with Crippen LogP contribution in [0.1, 0.15) is 31.7 Å². The average molecular weight is 356 g/mol. The van der Waals surface area contributed by atoms with Crippen molar-refractivity contribution in [3.8, 4) is 0 Å². The molecule has 0 saturated carbocycles. The van der Waals surface area contributed by atoms with Crippen LogP contribution in [0, 0.1) is 10.1 Å². The first-order valence-corrected chi connectivity index (χ1v) is 8.25. The minimum Gasteiger partial charge on any atom is -0.311 e. The summed E-state index contributed by atoms with van der Waals surface area (Å²) in [5.74, 6) is 0. The number of nitrogens with one attached hydrogen (secondary N) is 1. The number of likely N-dealkylation sites (tertiary alicyclic amines) is 1. The first-order chi connectivity index (χ1) is 10.1. The van der Waals surface area contributed by atoms with Crippen molar-refractivity contribution >= 4 is 21.6 Å². The van der Waals surface area contributed by atoms with Crippen molar-refractivity contribution in [1.29, 1.82) is 0 Å². The quantitative estimate of drug-likeness (QED) is 0.628. The zero-order valence-electron chi connectivity index (χ0n) is 12.3. The van der Waals surface area contributed by atoms with Gasteiger partial charge in [-0.2, -0.15) is 0 Å². The van der Waals surface area contributed by atoms with E-state index >= 15 is 0 Å². The largest absolute Gasteiger partial charge is 0.311 e. The van der Waals surface area contributed by atoms with Gasteiger partial charge >= 0.3 is 0 Å². The van der Waals surface area contributed by atoms with Crippen molar-refractivity contribution in [3.63, 3.8) is 0 Å². The SMILES string of the molecule is CC(CNCc1ccc(Br)cc1[N+](=O)[O-])N1CCCCC1. The minimum atomic E-state index is -0.324. The fourth-order valence-electron chi connectivity index (χ4n) is 2.76. The van der Waals surface area contributed by atoms with Crippen molar-refractivity contribution in [2.45, 2.75) is 38.8 Å². The van der Waals surface area contributed by atoms with Crippen LogP contribution in [-0.2, 0) is 6.54 Å². The Hall–Kier alpha value is -0.980. The lowest BCUT2D eigenvalue weighted by molar-refractivity contribution is -0.385. The fourth-order valence-corrected chi connectivity index (χ4v) is 3.11. The van der Waals surface area contributed by atoms with E-state index in [0.29, 0.717) is 12.6 Å². The maximum Gasteiger partial charge on any atom is 0.275 e. The second kappa shape index (κ2) is 7.87. The van der Waals surface area contributed by atoms with Gasteiger partial charge in [0.25, 0.3) is 5.69 Å². The second-order valence-electron chi connectivity index (χ2n) is 5.61. The van der Waals surface area contributed by atoms with Gasteiger partial charge in [0, 0.05) is 35.2 Å². The molecule has 1 aliphatic rings. The van der Waals surface area contributed by atoms with Gasteiger partial charge in [-0.3, -0.25) is 15.0 Å². The van der Waals surface area contributed by atoms with Crippen LogP contribution in [0.5, 0.6) is 0 Å². The summed E-state index contributed by atoms with van der Waals surface area (Å²) in [6, 6.07) is 5.68. The van der Waals surface area contributed by atoms with Crippen LogP contribution in [-0.4, -0.2) is 35.5 Å². The molecule has 0 aliphatic carbocycles. The molecule has 6 heteroatoms. The van der Waals surface area contributed by atoms with E-state index in [0.717, 1.165) is 16.6 Å². The molecule has 1 saturated heterocycles. The first-order valence-electron chi connectivity index (χ1n) is 7.45. The molecule has 0 amide bonds. The van der Waals surface area contributed by atoms with Crippen LogP contribution in [0.25, 0.3) is 0 Å². The molecule has 21 heavy (non-hydrogen) atoms. The Kier molecular flexibility index (Phi) is 6.14. The number of piperidine rings is 1. The van der Waals surface area contributed by atoms with E-state index in [-0.39, 0.29) is 10.6 Å². The van der Waals surface area contributed by atoms with E-state index in [1.165, 1.54) is 32.4 Å². The predicted octanol–water partition coefficient (Wildman–Crippen LogP) is 3.32. The summed E-state index contributed by atoms with van der Waals surface area (Å²) in [4.78, 5) is 13.2. The van der Waals surface area contributed by atoms with E-state index in [1.54, 1.807) is 12.1 Å². The second-order valence-corrected chi connectivity index (χ2v) is 6.52. The smallest absolute Gasteiger partial charge is 0.275 e. The molecule has 1 aromatic carbocycles. The number of halogens is 1. The van der Waals surface area contributed by atoms with Gasteiger partial charge in [-0.15, -0.1) is 0 Å². The van der Waals surface area contributed by atoms with E-state index in [1.807, 2.05) is 6.07 Å². The number of benzene rings is 1. The van der Waals surface area contributed by atoms with Gasteiger partial charge in [0.2, 0.25) is 0 Å². The normalized spacial score (nSPS) is 17.6. The van der Waals surface area contributed by atoms with Gasteiger partial charge in [-0.25, -0.2) is 0 Å². The van der Waals surface area contributed by atoms with E-state index < -0.39 is 0 Å². The molecular formula is C15H22BrN3O2. The van der Waals surface area contributed by atoms with Gasteiger partial charge in [0.1, 0.15) is 0 Å². The van der Waals surface area contributed by atoms with E-state index in [2.05, 4.69) is 33.1 Å². The summed E-state index contributed by atoms with van der Waals surface area (Å²) in [6.45, 7) is 5.94. The fraction of sp³-hybridized carbons (Fsp3) is 0.600. The van der Waals surface area contributed by atoms with Crippen molar-refractivity contribution in [1.82, 2.24) is 10.2 Å². The lowest BCUT2D eigenvalue weighted by atomic mass is 10.1. The Labute approximate surface area is 134 Å². The molecule has 5 nitrogen and oxygen atoms in total. The molecule has 0 bridgehead atoms. The lowest BCUT2D eigenvalue weighted by Crippen LogP contribution is -2.43. The average Bonchev–Trinajstić information content (AvgIpc) is 2.49. The third-order valence-electron chi connectivity index (χ3n) is 4.01. The first kappa shape index (κ1) is 16.4. The summed E-state index contributed by atoms with van der Waals surface area (Å²) in [7, 11) is 0. The maximum absolute atomic E-state index is 11.1. The molecule has 1 aliphatic heterocycles. The number of nitrogens with zero attached hydrogens (tertiary/aromatic N) is 2. The molecule has 0 radical (unpaired) electrons. The molecule has 0 spiro atoms. The Bertz CT molecular complexity index is 490. The Morgan fingerprint density at radius 1 is 1.38 bits per heavy atom. The number of nitro groups is 1. The standard InChI is InChI=1S/C15H22BrN3O2/c1-12(18-7-3-2-4-8-18)10-17-11-13-5-6-14(16)9-15(13)19(20)21/h5-6,9,12,17H,2-4,7-8,10-11H2,1H3. The molecule has 2 rings (SSSR count). The Balaban J connectivity index is 1.86. The van der Waals surface area contributed by atoms with Gasteiger partial charge in [0.05, 0.1) is 4.92 Å². The van der Waals surface area contributed by atoms with Gasteiger partial charge in [-0.1, -0.05) is 22.4 Å². The summed E-state index contributed by atoms with van der Waals surface area (Å²) < 4.78 is 0.736. The minimum absolute atomic E-state index is 0.169. The summed E-state index contributed by atoms with van der Waals surface area (Å²) in [5, 5.41) is 14.4.